The van der Waals surface area contributed by atoms with Crippen molar-refractivity contribution in [1.82, 2.24) is 5.32 Å². The van der Waals surface area contributed by atoms with Crippen LogP contribution in [-0.4, -0.2) is 17.8 Å². The van der Waals surface area contributed by atoms with Crippen LogP contribution in [0.25, 0.3) is 6.08 Å². The highest BCUT2D eigenvalue weighted by Crippen LogP contribution is 2.25. The molecule has 0 spiro atoms. The number of nitrogens with zero attached hydrogens (tertiary/aromatic N) is 1. The third-order valence-electron chi connectivity index (χ3n) is 4.87. The predicted octanol–water partition coefficient (Wildman–Crippen LogP) is 4.38. The Bertz CT molecular complexity index is 1230. The summed E-state index contributed by atoms with van der Waals surface area (Å²) in [5, 5.41) is 2.08. The van der Waals surface area contributed by atoms with Gasteiger partial charge in [0.1, 0.15) is 23.7 Å². The molecule has 1 saturated heterocycles. The molecule has 1 aliphatic rings. The van der Waals surface area contributed by atoms with Gasteiger partial charge in [0.05, 0.1) is 5.69 Å². The molecule has 1 aliphatic heterocycles. The van der Waals surface area contributed by atoms with Gasteiger partial charge in [-0.15, -0.1) is 0 Å². The summed E-state index contributed by atoms with van der Waals surface area (Å²) in [7, 11) is 0. The Morgan fingerprint density at radius 2 is 1.72 bits per heavy atom. The van der Waals surface area contributed by atoms with Crippen LogP contribution >= 0.6 is 0 Å². The molecular weight excluding hydrogens is 411 g/mol. The van der Waals surface area contributed by atoms with Crippen LogP contribution in [0.2, 0.25) is 0 Å². The van der Waals surface area contributed by atoms with Gasteiger partial charge < -0.3 is 4.74 Å². The number of halogens is 1. The maximum atomic E-state index is 14.1. The lowest BCUT2D eigenvalue weighted by Gasteiger charge is -2.26. The number of ether oxygens (including phenoxy) is 1. The van der Waals surface area contributed by atoms with E-state index in [9.17, 15) is 18.8 Å². The average Bonchev–Trinajstić information content (AvgIpc) is 2.77. The summed E-state index contributed by atoms with van der Waals surface area (Å²) in [6.45, 7) is 2.41. The summed E-state index contributed by atoms with van der Waals surface area (Å²) in [6, 6.07) is 19.1. The number of benzene rings is 3. The van der Waals surface area contributed by atoms with E-state index < -0.39 is 23.7 Å². The van der Waals surface area contributed by atoms with Crippen molar-refractivity contribution < 1.29 is 23.5 Å². The number of amides is 4. The molecule has 0 aromatic heterocycles. The van der Waals surface area contributed by atoms with E-state index in [0.29, 0.717) is 22.8 Å². The zero-order valence-corrected chi connectivity index (χ0v) is 17.2. The molecule has 6 nitrogen and oxygen atoms in total. The minimum atomic E-state index is -0.998. The Morgan fingerprint density at radius 1 is 0.969 bits per heavy atom. The second-order valence-corrected chi connectivity index (χ2v) is 7.26. The van der Waals surface area contributed by atoms with Crippen LogP contribution in [0.15, 0.2) is 78.4 Å². The van der Waals surface area contributed by atoms with Gasteiger partial charge in [-0.2, -0.15) is 0 Å². The molecule has 1 fully saturated rings. The SMILES string of the molecule is Cc1cccc(COc2ccc(/C=C3/C(=O)NC(=O)N(c4ccccc4F)C3=O)cc2)c1. The molecule has 3 aromatic carbocycles. The van der Waals surface area contributed by atoms with Crippen LogP contribution in [0.4, 0.5) is 14.9 Å². The molecule has 160 valence electrons. The van der Waals surface area contributed by atoms with Crippen LogP contribution < -0.4 is 15.0 Å². The van der Waals surface area contributed by atoms with Crippen molar-refractivity contribution in [3.8, 4) is 5.75 Å². The normalized spacial score (nSPS) is 15.1. The van der Waals surface area contributed by atoms with Crippen molar-refractivity contribution in [3.63, 3.8) is 0 Å². The third kappa shape index (κ3) is 4.41. The number of carbonyl (C=O) groups excluding carboxylic acids is 3. The molecule has 0 radical (unpaired) electrons. The molecule has 32 heavy (non-hydrogen) atoms. The number of urea groups is 1. The number of imide groups is 2. The molecule has 4 rings (SSSR count). The molecule has 0 unspecified atom stereocenters. The van der Waals surface area contributed by atoms with Crippen LogP contribution in [-0.2, 0) is 16.2 Å². The van der Waals surface area contributed by atoms with E-state index in [4.69, 9.17) is 4.74 Å². The van der Waals surface area contributed by atoms with Crippen molar-refractivity contribution in [2.45, 2.75) is 13.5 Å². The lowest BCUT2D eigenvalue weighted by atomic mass is 10.1. The molecule has 0 aliphatic carbocycles. The topological polar surface area (TPSA) is 75.7 Å². The van der Waals surface area contributed by atoms with Crippen molar-refractivity contribution in [2.75, 3.05) is 4.90 Å². The Balaban J connectivity index is 1.53. The summed E-state index contributed by atoms with van der Waals surface area (Å²) < 4.78 is 19.9. The maximum Gasteiger partial charge on any atom is 0.336 e. The van der Waals surface area contributed by atoms with Gasteiger partial charge in [0.15, 0.2) is 0 Å². The van der Waals surface area contributed by atoms with Crippen LogP contribution in [0, 0.1) is 12.7 Å². The maximum absolute atomic E-state index is 14.1. The number of hydrogen-bond acceptors (Lipinski definition) is 4. The van der Waals surface area contributed by atoms with Gasteiger partial charge in [0.25, 0.3) is 11.8 Å². The molecule has 7 heteroatoms. The lowest BCUT2D eigenvalue weighted by molar-refractivity contribution is -0.122. The molecule has 1 heterocycles. The summed E-state index contributed by atoms with van der Waals surface area (Å²) in [6.07, 6.45) is 1.35. The number of para-hydroxylation sites is 1. The second kappa shape index (κ2) is 8.85. The number of barbiturate groups is 1. The van der Waals surface area contributed by atoms with Crippen LogP contribution in [0.3, 0.4) is 0 Å². The molecule has 4 amide bonds. The summed E-state index contributed by atoms with van der Waals surface area (Å²) in [5.74, 6) is -1.87. The van der Waals surface area contributed by atoms with Crippen molar-refractivity contribution >= 4 is 29.6 Å². The first kappa shape index (κ1) is 21.0. The van der Waals surface area contributed by atoms with Gasteiger partial charge in [0.2, 0.25) is 0 Å². The van der Waals surface area contributed by atoms with E-state index in [1.54, 1.807) is 24.3 Å². The molecule has 3 aromatic rings. The number of rotatable bonds is 5. The number of aryl methyl sites for hydroxylation is 1. The largest absolute Gasteiger partial charge is 0.489 e. The number of carbonyl (C=O) groups is 3. The van der Waals surface area contributed by atoms with E-state index in [2.05, 4.69) is 5.32 Å². The first-order chi connectivity index (χ1) is 15.4. The highest BCUT2D eigenvalue weighted by Gasteiger charge is 2.37. The Hall–Kier alpha value is -4.26. The number of anilines is 1. The fourth-order valence-electron chi connectivity index (χ4n) is 3.30. The van der Waals surface area contributed by atoms with Gasteiger partial charge in [-0.05, 0) is 48.4 Å². The second-order valence-electron chi connectivity index (χ2n) is 7.26. The number of hydrogen-bond donors (Lipinski definition) is 1. The van der Waals surface area contributed by atoms with Crippen molar-refractivity contribution in [3.05, 3.63) is 101 Å². The van der Waals surface area contributed by atoms with Crippen LogP contribution in [0.5, 0.6) is 5.75 Å². The first-order valence-electron chi connectivity index (χ1n) is 9.87. The molecule has 0 atom stereocenters. The molecular formula is C25H19FN2O4. The molecule has 1 N–H and O–H groups in total. The van der Waals surface area contributed by atoms with Crippen molar-refractivity contribution in [2.24, 2.45) is 0 Å². The monoisotopic (exact) mass is 430 g/mol. The van der Waals surface area contributed by atoms with E-state index in [1.807, 2.05) is 31.2 Å². The fourth-order valence-corrected chi connectivity index (χ4v) is 3.30. The Morgan fingerprint density at radius 3 is 2.44 bits per heavy atom. The lowest BCUT2D eigenvalue weighted by Crippen LogP contribution is -2.54. The third-order valence-corrected chi connectivity index (χ3v) is 4.87. The minimum absolute atomic E-state index is 0.228. The van der Waals surface area contributed by atoms with Gasteiger partial charge >= 0.3 is 6.03 Å². The van der Waals surface area contributed by atoms with E-state index in [1.165, 1.54) is 24.3 Å². The van der Waals surface area contributed by atoms with E-state index in [-0.39, 0.29) is 11.3 Å². The van der Waals surface area contributed by atoms with Gasteiger partial charge in [-0.1, -0.05) is 54.1 Å². The minimum Gasteiger partial charge on any atom is -0.489 e. The van der Waals surface area contributed by atoms with E-state index >= 15 is 0 Å². The highest BCUT2D eigenvalue weighted by atomic mass is 19.1. The van der Waals surface area contributed by atoms with Gasteiger partial charge in [-0.3, -0.25) is 14.9 Å². The quantitative estimate of drug-likeness (QED) is 0.482. The molecule has 0 bridgehead atoms. The zero-order valence-electron chi connectivity index (χ0n) is 17.2. The van der Waals surface area contributed by atoms with Gasteiger partial charge in [-0.25, -0.2) is 14.1 Å². The van der Waals surface area contributed by atoms with E-state index in [0.717, 1.165) is 17.2 Å². The molecule has 0 saturated carbocycles. The van der Waals surface area contributed by atoms with Gasteiger partial charge in [0, 0.05) is 0 Å². The zero-order chi connectivity index (χ0) is 22.7. The average molecular weight is 430 g/mol. The Labute approximate surface area is 183 Å². The summed E-state index contributed by atoms with van der Waals surface area (Å²) in [4.78, 5) is 37.9. The Kier molecular flexibility index (Phi) is 5.81. The highest BCUT2D eigenvalue weighted by molar-refractivity contribution is 6.39. The smallest absolute Gasteiger partial charge is 0.336 e. The summed E-state index contributed by atoms with van der Waals surface area (Å²) in [5.41, 5.74) is 2.23. The first-order valence-corrected chi connectivity index (χ1v) is 9.87. The summed E-state index contributed by atoms with van der Waals surface area (Å²) >= 11 is 0. The van der Waals surface area contributed by atoms with Crippen LogP contribution in [0.1, 0.15) is 16.7 Å². The fraction of sp³-hybridized carbons (Fsp3) is 0.0800. The number of nitrogens with one attached hydrogen (secondary N) is 1. The van der Waals surface area contributed by atoms with Crippen molar-refractivity contribution in [1.29, 1.82) is 0 Å². The standard InChI is InChI=1S/C25H19FN2O4/c1-16-5-4-6-18(13-16)15-32-19-11-9-17(10-12-19)14-20-23(29)27-25(31)28(24(20)30)22-8-3-2-7-21(22)26/h2-14H,15H2,1H3,(H,27,29,31)/b20-14-. The predicted molar refractivity (Wildman–Crippen MR) is 117 cm³/mol.